The average Bonchev–Trinajstić information content (AvgIpc) is 3.25. The lowest BCUT2D eigenvalue weighted by molar-refractivity contribution is -0.120. The van der Waals surface area contributed by atoms with Gasteiger partial charge in [-0.1, -0.05) is 5.16 Å². The zero-order chi connectivity index (χ0) is 21.2. The molecule has 2 aromatic heterocycles. The number of rotatable bonds is 4. The lowest BCUT2D eigenvalue weighted by Gasteiger charge is -2.33. The monoisotopic (exact) mass is 421 g/mol. The Labute approximate surface area is 179 Å². The molecule has 1 N–H and O–H groups in total. The van der Waals surface area contributed by atoms with Crippen molar-refractivity contribution in [2.45, 2.75) is 19.8 Å². The first-order chi connectivity index (χ1) is 15.2. The molecule has 1 unspecified atom stereocenters. The van der Waals surface area contributed by atoms with Crippen LogP contribution in [0.15, 0.2) is 41.1 Å². The van der Waals surface area contributed by atoms with E-state index in [1.807, 2.05) is 30.3 Å². The Hall–Kier alpha value is -3.62. The number of aryl methyl sites for hydroxylation is 1. The molecule has 9 heteroatoms. The number of ether oxygens (including phenoxy) is 2. The first kappa shape index (κ1) is 19.3. The van der Waals surface area contributed by atoms with Gasteiger partial charge in [0, 0.05) is 31.0 Å². The van der Waals surface area contributed by atoms with Crippen molar-refractivity contribution >= 4 is 17.4 Å². The maximum Gasteiger partial charge on any atom is 0.259 e. The van der Waals surface area contributed by atoms with E-state index in [0.717, 1.165) is 30.8 Å². The van der Waals surface area contributed by atoms with Crippen LogP contribution in [-0.2, 0) is 4.79 Å². The van der Waals surface area contributed by atoms with Crippen molar-refractivity contribution in [2.24, 2.45) is 5.92 Å². The molecule has 9 nitrogen and oxygen atoms in total. The van der Waals surface area contributed by atoms with Crippen LogP contribution in [0.4, 0.5) is 11.5 Å². The highest BCUT2D eigenvalue weighted by molar-refractivity contribution is 5.93. The van der Waals surface area contributed by atoms with E-state index >= 15 is 0 Å². The van der Waals surface area contributed by atoms with Gasteiger partial charge in [0.25, 0.3) is 5.89 Å². The average molecular weight is 421 g/mol. The van der Waals surface area contributed by atoms with Crippen molar-refractivity contribution in [1.82, 2.24) is 15.1 Å². The van der Waals surface area contributed by atoms with Crippen molar-refractivity contribution in [3.05, 3.63) is 42.4 Å². The van der Waals surface area contributed by atoms with E-state index in [-0.39, 0.29) is 11.8 Å². The molecule has 1 aromatic carbocycles. The topological polar surface area (TPSA) is 103 Å². The summed E-state index contributed by atoms with van der Waals surface area (Å²) in [5.74, 6) is 3.11. The van der Waals surface area contributed by atoms with Gasteiger partial charge in [-0.25, -0.2) is 4.98 Å². The van der Waals surface area contributed by atoms with Gasteiger partial charge in [0.2, 0.25) is 5.91 Å². The number of hydrogen-bond donors (Lipinski definition) is 1. The summed E-state index contributed by atoms with van der Waals surface area (Å²) < 4.78 is 16.3. The number of amides is 1. The van der Waals surface area contributed by atoms with Gasteiger partial charge in [0.05, 0.1) is 11.5 Å². The van der Waals surface area contributed by atoms with E-state index in [0.29, 0.717) is 48.7 Å². The first-order valence-corrected chi connectivity index (χ1v) is 10.4. The summed E-state index contributed by atoms with van der Waals surface area (Å²) >= 11 is 0. The van der Waals surface area contributed by atoms with E-state index in [9.17, 15) is 4.79 Å². The number of nitrogens with one attached hydrogen (secondary N) is 1. The van der Waals surface area contributed by atoms with Gasteiger partial charge in [-0.2, -0.15) is 4.98 Å². The van der Waals surface area contributed by atoms with Crippen LogP contribution in [0.1, 0.15) is 18.7 Å². The van der Waals surface area contributed by atoms with E-state index in [1.54, 1.807) is 13.1 Å². The fraction of sp³-hybridized carbons (Fsp3) is 0.364. The molecule has 2 aliphatic rings. The molecule has 0 radical (unpaired) electrons. The van der Waals surface area contributed by atoms with Crippen LogP contribution in [0.25, 0.3) is 11.5 Å². The number of carbonyl (C=O) groups is 1. The minimum absolute atomic E-state index is 0.000617. The molecule has 0 saturated carbocycles. The summed E-state index contributed by atoms with van der Waals surface area (Å²) in [6.07, 6.45) is 3.49. The van der Waals surface area contributed by atoms with Gasteiger partial charge in [0.15, 0.2) is 17.3 Å². The standard InChI is InChI=1S/C22H23N5O4/c1-14-24-22(31-26-14)15-4-7-20(23-12-15)27-8-2-3-16(13-27)21(28)25-17-5-6-18-19(11-17)30-10-9-29-18/h4-7,11-12,16H,2-3,8-10,13H2,1H3,(H,25,28). The molecule has 160 valence electrons. The lowest BCUT2D eigenvalue weighted by atomic mass is 9.97. The molecule has 5 rings (SSSR count). The molecule has 2 aliphatic heterocycles. The number of benzene rings is 1. The third-order valence-electron chi connectivity index (χ3n) is 5.45. The molecule has 31 heavy (non-hydrogen) atoms. The Kier molecular flexibility index (Phi) is 5.15. The number of fused-ring (bicyclic) bond motifs is 1. The number of piperidine rings is 1. The van der Waals surface area contributed by atoms with Gasteiger partial charge in [-0.15, -0.1) is 0 Å². The van der Waals surface area contributed by atoms with Gasteiger partial charge >= 0.3 is 0 Å². The summed E-state index contributed by atoms with van der Waals surface area (Å²) in [6.45, 7) is 4.31. The summed E-state index contributed by atoms with van der Waals surface area (Å²) in [5, 5.41) is 6.83. The SMILES string of the molecule is Cc1noc(-c2ccc(N3CCCC(C(=O)Nc4ccc5c(c4)OCCO5)C3)nc2)n1. The number of nitrogens with zero attached hydrogens (tertiary/aromatic N) is 4. The molecule has 1 saturated heterocycles. The predicted molar refractivity (Wildman–Crippen MR) is 113 cm³/mol. The summed E-state index contributed by atoms with van der Waals surface area (Å²) in [7, 11) is 0. The number of pyridine rings is 1. The third kappa shape index (κ3) is 4.16. The highest BCUT2D eigenvalue weighted by Gasteiger charge is 2.27. The van der Waals surface area contributed by atoms with Gasteiger partial charge in [-0.3, -0.25) is 4.79 Å². The molecule has 0 aliphatic carbocycles. The van der Waals surface area contributed by atoms with Crippen LogP contribution < -0.4 is 19.7 Å². The van der Waals surface area contributed by atoms with Crippen LogP contribution in [0, 0.1) is 12.8 Å². The predicted octanol–water partition coefficient (Wildman–Crippen LogP) is 3.07. The highest BCUT2D eigenvalue weighted by atomic mass is 16.6. The van der Waals surface area contributed by atoms with Crippen LogP contribution in [0.2, 0.25) is 0 Å². The van der Waals surface area contributed by atoms with Crippen LogP contribution >= 0.6 is 0 Å². The van der Waals surface area contributed by atoms with E-state index in [2.05, 4.69) is 25.3 Å². The molecule has 1 amide bonds. The Bertz CT molecular complexity index is 1080. The van der Waals surface area contributed by atoms with Crippen LogP contribution in [0.5, 0.6) is 11.5 Å². The van der Waals surface area contributed by atoms with Crippen molar-refractivity contribution in [3.8, 4) is 23.0 Å². The Balaban J connectivity index is 1.24. The fourth-order valence-electron chi connectivity index (χ4n) is 3.88. The van der Waals surface area contributed by atoms with Crippen LogP contribution in [0.3, 0.4) is 0 Å². The van der Waals surface area contributed by atoms with Crippen molar-refractivity contribution in [1.29, 1.82) is 0 Å². The minimum Gasteiger partial charge on any atom is -0.486 e. The highest BCUT2D eigenvalue weighted by Crippen LogP contribution is 2.33. The van der Waals surface area contributed by atoms with Gasteiger partial charge in [-0.05, 0) is 44.0 Å². The Morgan fingerprint density at radius 2 is 2.03 bits per heavy atom. The van der Waals surface area contributed by atoms with Crippen molar-refractivity contribution < 1.29 is 18.8 Å². The largest absolute Gasteiger partial charge is 0.486 e. The molecule has 0 spiro atoms. The maximum absolute atomic E-state index is 12.9. The maximum atomic E-state index is 12.9. The molecular formula is C22H23N5O4. The van der Waals surface area contributed by atoms with E-state index in [4.69, 9.17) is 14.0 Å². The molecule has 4 heterocycles. The lowest BCUT2D eigenvalue weighted by Crippen LogP contribution is -2.41. The Morgan fingerprint density at radius 1 is 1.16 bits per heavy atom. The number of anilines is 2. The molecular weight excluding hydrogens is 398 g/mol. The normalized spacial score (nSPS) is 18.0. The number of hydrogen-bond acceptors (Lipinski definition) is 8. The molecule has 1 fully saturated rings. The fourth-order valence-corrected chi connectivity index (χ4v) is 3.88. The zero-order valence-corrected chi connectivity index (χ0v) is 17.2. The zero-order valence-electron chi connectivity index (χ0n) is 17.2. The van der Waals surface area contributed by atoms with Gasteiger partial charge < -0.3 is 24.2 Å². The van der Waals surface area contributed by atoms with E-state index in [1.165, 1.54) is 0 Å². The quantitative estimate of drug-likeness (QED) is 0.686. The second-order valence-corrected chi connectivity index (χ2v) is 7.68. The number of aromatic nitrogens is 3. The first-order valence-electron chi connectivity index (χ1n) is 10.4. The molecule has 0 bridgehead atoms. The summed E-state index contributed by atoms with van der Waals surface area (Å²) in [6, 6.07) is 9.32. The summed E-state index contributed by atoms with van der Waals surface area (Å²) in [4.78, 5) is 23.8. The summed E-state index contributed by atoms with van der Waals surface area (Å²) in [5.41, 5.74) is 1.48. The van der Waals surface area contributed by atoms with Gasteiger partial charge in [0.1, 0.15) is 19.0 Å². The smallest absolute Gasteiger partial charge is 0.259 e. The van der Waals surface area contributed by atoms with E-state index < -0.39 is 0 Å². The van der Waals surface area contributed by atoms with Crippen molar-refractivity contribution in [2.75, 3.05) is 36.5 Å². The second kappa shape index (κ2) is 8.25. The minimum atomic E-state index is -0.123. The molecule has 3 aromatic rings. The second-order valence-electron chi connectivity index (χ2n) is 7.68. The van der Waals surface area contributed by atoms with Crippen molar-refractivity contribution in [3.63, 3.8) is 0 Å². The Morgan fingerprint density at radius 3 is 2.81 bits per heavy atom. The van der Waals surface area contributed by atoms with Crippen LogP contribution in [-0.4, -0.2) is 47.3 Å². The number of carbonyl (C=O) groups excluding carboxylic acids is 1. The third-order valence-corrected chi connectivity index (χ3v) is 5.45. The molecule has 1 atom stereocenters.